The largest absolute Gasteiger partial charge is 0.335 e. The van der Waals surface area contributed by atoms with Crippen molar-refractivity contribution in [1.82, 2.24) is 19.1 Å². The molecule has 6 heteroatoms. The van der Waals surface area contributed by atoms with Crippen molar-refractivity contribution < 1.29 is 0 Å². The maximum Gasteiger partial charge on any atom is 0.271 e. The zero-order valence-corrected chi connectivity index (χ0v) is 13.1. The summed E-state index contributed by atoms with van der Waals surface area (Å²) in [6.45, 7) is 5.64. The third-order valence-corrected chi connectivity index (χ3v) is 4.71. The van der Waals surface area contributed by atoms with Crippen LogP contribution in [0.1, 0.15) is 24.7 Å². The van der Waals surface area contributed by atoms with E-state index in [1.54, 1.807) is 10.9 Å². The fourth-order valence-corrected chi connectivity index (χ4v) is 3.44. The smallest absolute Gasteiger partial charge is 0.271 e. The van der Waals surface area contributed by atoms with Crippen LogP contribution in [-0.4, -0.2) is 19.1 Å². The molecule has 3 aromatic rings. The Kier molecular flexibility index (Phi) is 3.88. The van der Waals surface area contributed by atoms with Crippen molar-refractivity contribution in [2.24, 2.45) is 0 Å². The van der Waals surface area contributed by atoms with Gasteiger partial charge in [-0.15, -0.1) is 11.3 Å². The van der Waals surface area contributed by atoms with E-state index in [4.69, 9.17) is 0 Å². The average Bonchev–Trinajstić information content (AvgIpc) is 3.09. The van der Waals surface area contributed by atoms with Gasteiger partial charge < -0.3 is 4.57 Å². The average molecular weight is 302 g/mol. The molecule has 0 N–H and O–H groups in total. The summed E-state index contributed by atoms with van der Waals surface area (Å²) in [5.74, 6) is 1.09. The Morgan fingerprint density at radius 1 is 1.24 bits per heavy atom. The minimum atomic E-state index is 0.0689. The zero-order chi connectivity index (χ0) is 14.8. The minimum Gasteiger partial charge on any atom is -0.335 e. The highest BCUT2D eigenvalue weighted by Gasteiger charge is 2.08. The molecule has 0 aliphatic rings. The molecule has 0 aliphatic carbocycles. The molecule has 5 nitrogen and oxygen atoms in total. The van der Waals surface area contributed by atoms with E-state index < -0.39 is 0 Å². The molecule has 0 amide bonds. The van der Waals surface area contributed by atoms with Crippen molar-refractivity contribution in [3.8, 4) is 0 Å². The maximum absolute atomic E-state index is 12.4. The fraction of sp³-hybridized carbons (Fsp3) is 0.400. The van der Waals surface area contributed by atoms with Crippen LogP contribution in [-0.2, 0) is 19.5 Å². The third kappa shape index (κ3) is 2.63. The quantitative estimate of drug-likeness (QED) is 0.728. The van der Waals surface area contributed by atoms with Gasteiger partial charge in [0.1, 0.15) is 10.5 Å². The van der Waals surface area contributed by atoms with Crippen molar-refractivity contribution >= 4 is 21.6 Å². The van der Waals surface area contributed by atoms with E-state index in [9.17, 15) is 4.79 Å². The Labute approximate surface area is 126 Å². The minimum absolute atomic E-state index is 0.0689. The predicted molar refractivity (Wildman–Crippen MR) is 84.8 cm³/mol. The first-order valence-electron chi connectivity index (χ1n) is 7.14. The molecular weight excluding hydrogens is 284 g/mol. The summed E-state index contributed by atoms with van der Waals surface area (Å²) in [7, 11) is 0. The first-order valence-corrected chi connectivity index (χ1v) is 8.02. The molecule has 0 saturated carbocycles. The van der Waals surface area contributed by atoms with Crippen LogP contribution in [0.25, 0.3) is 10.2 Å². The van der Waals surface area contributed by atoms with Crippen LogP contribution in [0.5, 0.6) is 0 Å². The first-order chi connectivity index (χ1) is 10.2. The van der Waals surface area contributed by atoms with Gasteiger partial charge in [-0.3, -0.25) is 9.36 Å². The molecule has 0 bridgehead atoms. The zero-order valence-electron chi connectivity index (χ0n) is 12.2. The molecule has 0 saturated heterocycles. The van der Waals surface area contributed by atoms with E-state index in [-0.39, 0.29) is 5.56 Å². The Bertz CT molecular complexity index is 815. The third-order valence-electron chi connectivity index (χ3n) is 3.64. The standard InChI is InChI=1S/C15H18N4OS/c1-3-12-16-5-8-18(12)6-4-7-19-10-17-13-11(2)9-21-14(13)15(19)20/h5,8-10H,3-4,6-7H2,1-2H3. The van der Waals surface area contributed by atoms with Gasteiger partial charge in [0.2, 0.25) is 0 Å². The molecule has 21 heavy (non-hydrogen) atoms. The molecule has 0 atom stereocenters. The Morgan fingerprint density at radius 3 is 2.86 bits per heavy atom. The van der Waals surface area contributed by atoms with Gasteiger partial charge in [-0.05, 0) is 24.3 Å². The van der Waals surface area contributed by atoms with Crippen LogP contribution < -0.4 is 5.56 Å². The Morgan fingerprint density at radius 2 is 2.05 bits per heavy atom. The monoisotopic (exact) mass is 302 g/mol. The normalized spacial score (nSPS) is 11.3. The number of hydrogen-bond acceptors (Lipinski definition) is 4. The summed E-state index contributed by atoms with van der Waals surface area (Å²) in [5.41, 5.74) is 1.98. The fourth-order valence-electron chi connectivity index (χ4n) is 2.49. The Balaban J connectivity index is 1.74. The summed E-state index contributed by atoms with van der Waals surface area (Å²) in [5, 5.41) is 1.99. The second-order valence-electron chi connectivity index (χ2n) is 5.08. The molecule has 0 aliphatic heterocycles. The van der Waals surface area contributed by atoms with E-state index in [1.165, 1.54) is 11.3 Å². The van der Waals surface area contributed by atoms with Crippen LogP contribution >= 0.6 is 11.3 Å². The van der Waals surface area contributed by atoms with Gasteiger partial charge in [-0.1, -0.05) is 6.92 Å². The number of nitrogens with zero attached hydrogens (tertiary/aromatic N) is 4. The first kappa shape index (κ1) is 14.0. The lowest BCUT2D eigenvalue weighted by Gasteiger charge is -2.08. The van der Waals surface area contributed by atoms with Crippen LogP contribution in [0.15, 0.2) is 28.9 Å². The molecule has 0 radical (unpaired) electrons. The summed E-state index contributed by atoms with van der Waals surface area (Å²) < 4.78 is 4.61. The van der Waals surface area contributed by atoms with Gasteiger partial charge in [0.15, 0.2) is 0 Å². The van der Waals surface area contributed by atoms with E-state index in [0.717, 1.165) is 41.0 Å². The topological polar surface area (TPSA) is 52.7 Å². The number of imidazole rings is 1. The highest BCUT2D eigenvalue weighted by Crippen LogP contribution is 2.19. The van der Waals surface area contributed by atoms with Gasteiger partial charge in [0, 0.05) is 31.9 Å². The van der Waals surface area contributed by atoms with E-state index in [1.807, 2.05) is 24.7 Å². The number of fused-ring (bicyclic) bond motifs is 1. The van der Waals surface area contributed by atoms with Crippen molar-refractivity contribution in [1.29, 1.82) is 0 Å². The van der Waals surface area contributed by atoms with Gasteiger partial charge in [-0.2, -0.15) is 0 Å². The van der Waals surface area contributed by atoms with Crippen LogP contribution in [0, 0.1) is 6.92 Å². The van der Waals surface area contributed by atoms with E-state index in [0.29, 0.717) is 6.54 Å². The van der Waals surface area contributed by atoms with Gasteiger partial charge >= 0.3 is 0 Å². The van der Waals surface area contributed by atoms with E-state index >= 15 is 0 Å². The molecule has 3 rings (SSSR count). The van der Waals surface area contributed by atoms with Gasteiger partial charge in [0.05, 0.1) is 11.8 Å². The summed E-state index contributed by atoms with van der Waals surface area (Å²) in [6.07, 6.45) is 7.30. The molecule has 0 spiro atoms. The number of thiophene rings is 1. The molecule has 3 aromatic heterocycles. The lowest BCUT2D eigenvalue weighted by atomic mass is 10.3. The second-order valence-corrected chi connectivity index (χ2v) is 5.96. The van der Waals surface area contributed by atoms with Crippen molar-refractivity contribution in [3.63, 3.8) is 0 Å². The molecule has 0 unspecified atom stereocenters. The molecule has 0 fully saturated rings. The molecule has 3 heterocycles. The number of aryl methyl sites for hydroxylation is 4. The highest BCUT2D eigenvalue weighted by atomic mass is 32.1. The van der Waals surface area contributed by atoms with Crippen LogP contribution in [0.3, 0.4) is 0 Å². The van der Waals surface area contributed by atoms with Crippen LogP contribution in [0.4, 0.5) is 0 Å². The SMILES string of the molecule is CCc1nccn1CCCn1cnc2c(C)csc2c1=O. The summed E-state index contributed by atoms with van der Waals surface area (Å²) in [4.78, 5) is 21.1. The summed E-state index contributed by atoms with van der Waals surface area (Å²) in [6, 6.07) is 0. The second kappa shape index (κ2) is 5.81. The van der Waals surface area contributed by atoms with Crippen molar-refractivity contribution in [2.75, 3.05) is 0 Å². The van der Waals surface area contributed by atoms with E-state index in [2.05, 4.69) is 21.5 Å². The van der Waals surface area contributed by atoms with Gasteiger partial charge in [0.25, 0.3) is 5.56 Å². The lowest BCUT2D eigenvalue weighted by molar-refractivity contribution is 0.539. The van der Waals surface area contributed by atoms with Crippen LogP contribution in [0.2, 0.25) is 0 Å². The number of aromatic nitrogens is 4. The van der Waals surface area contributed by atoms with Crippen molar-refractivity contribution in [3.05, 3.63) is 45.8 Å². The van der Waals surface area contributed by atoms with Gasteiger partial charge in [-0.25, -0.2) is 9.97 Å². The summed E-state index contributed by atoms with van der Waals surface area (Å²) >= 11 is 1.48. The molecule has 110 valence electrons. The van der Waals surface area contributed by atoms with Crippen molar-refractivity contribution in [2.45, 2.75) is 39.8 Å². The lowest BCUT2D eigenvalue weighted by Crippen LogP contribution is -2.20. The number of rotatable bonds is 5. The predicted octanol–water partition coefficient (Wildman–Crippen LogP) is 2.62. The number of hydrogen-bond donors (Lipinski definition) is 0. The molecule has 0 aromatic carbocycles. The maximum atomic E-state index is 12.4. The highest BCUT2D eigenvalue weighted by molar-refractivity contribution is 7.17. The Hall–Kier alpha value is -1.95. The molecular formula is C15H18N4OS.